The molecular weight excluding hydrogens is 417 g/mol. The average molecular weight is 430 g/mol. The number of rotatable bonds is 5. The van der Waals surface area contributed by atoms with Gasteiger partial charge < -0.3 is 0 Å². The van der Waals surface area contributed by atoms with Crippen molar-refractivity contribution in [1.29, 1.82) is 0 Å². The van der Waals surface area contributed by atoms with Gasteiger partial charge in [-0.25, -0.2) is 19.0 Å². The molecule has 2 heterocycles. The maximum Gasteiger partial charge on any atom is 0.183 e. The summed E-state index contributed by atoms with van der Waals surface area (Å²) in [7, 11) is 0. The van der Waals surface area contributed by atoms with Gasteiger partial charge in [0.1, 0.15) is 17.2 Å². The van der Waals surface area contributed by atoms with Gasteiger partial charge in [-0.2, -0.15) is 0 Å². The Balaban J connectivity index is 1.56. The molecule has 0 N–H and O–H groups in total. The fraction of sp³-hybridized carbons (Fsp3) is 0.111. The van der Waals surface area contributed by atoms with Crippen molar-refractivity contribution in [3.63, 3.8) is 0 Å². The van der Waals surface area contributed by atoms with Crippen molar-refractivity contribution in [2.24, 2.45) is 0 Å². The van der Waals surface area contributed by atoms with Crippen LogP contribution >= 0.6 is 27.7 Å². The van der Waals surface area contributed by atoms with E-state index in [0.717, 1.165) is 20.8 Å². The number of nitrogens with zero attached hydrogens (tertiary/aromatic N) is 5. The molecule has 0 unspecified atom stereocenters. The summed E-state index contributed by atoms with van der Waals surface area (Å²) in [5, 5.41) is 9.23. The van der Waals surface area contributed by atoms with Crippen LogP contribution < -0.4 is 0 Å². The van der Waals surface area contributed by atoms with Crippen molar-refractivity contribution < 1.29 is 4.39 Å². The van der Waals surface area contributed by atoms with E-state index in [0.29, 0.717) is 17.7 Å². The number of benzene rings is 2. The minimum absolute atomic E-state index is 0.258. The van der Waals surface area contributed by atoms with Crippen LogP contribution in [-0.4, -0.2) is 25.0 Å². The van der Waals surface area contributed by atoms with Crippen LogP contribution in [0, 0.1) is 5.82 Å². The first-order chi connectivity index (χ1) is 12.7. The maximum absolute atomic E-state index is 13.1. The van der Waals surface area contributed by atoms with E-state index in [9.17, 15) is 4.39 Å². The molecular formula is C18H13BrFN5S. The summed E-state index contributed by atoms with van der Waals surface area (Å²) < 4.78 is 15.8. The highest BCUT2D eigenvalue weighted by molar-refractivity contribution is 9.10. The molecule has 0 atom stereocenters. The van der Waals surface area contributed by atoms with Gasteiger partial charge in [0.25, 0.3) is 0 Å². The molecule has 0 saturated carbocycles. The molecule has 0 fully saturated rings. The van der Waals surface area contributed by atoms with Crippen molar-refractivity contribution in [2.75, 3.05) is 0 Å². The van der Waals surface area contributed by atoms with Gasteiger partial charge in [0, 0.05) is 10.2 Å². The Morgan fingerprint density at radius 2 is 1.69 bits per heavy atom. The number of hydrogen-bond donors (Lipinski definition) is 0. The predicted octanol–water partition coefficient (Wildman–Crippen LogP) is 4.46. The molecule has 0 aliphatic carbocycles. The Kier molecular flexibility index (Phi) is 4.94. The molecule has 2 aromatic heterocycles. The van der Waals surface area contributed by atoms with Gasteiger partial charge in [-0.1, -0.05) is 57.2 Å². The molecule has 0 saturated heterocycles. The molecule has 4 aromatic rings. The third-order valence-electron chi connectivity index (χ3n) is 3.80. The molecule has 130 valence electrons. The number of thioether (sulfide) groups is 1. The SMILES string of the molecule is Fc1ccc(Cn2nnc3c(SCc4ccc(Br)cc4)ncnc32)cc1. The van der Waals surface area contributed by atoms with Crippen LogP contribution in [0.1, 0.15) is 11.1 Å². The van der Waals surface area contributed by atoms with Gasteiger partial charge in [-0.3, -0.25) is 0 Å². The number of aromatic nitrogens is 5. The molecule has 26 heavy (non-hydrogen) atoms. The van der Waals surface area contributed by atoms with Crippen LogP contribution in [0.15, 0.2) is 64.4 Å². The molecule has 0 radical (unpaired) electrons. The Labute approximate surface area is 161 Å². The first-order valence-electron chi connectivity index (χ1n) is 7.85. The average Bonchev–Trinajstić information content (AvgIpc) is 3.07. The van der Waals surface area contributed by atoms with E-state index < -0.39 is 0 Å². The van der Waals surface area contributed by atoms with Gasteiger partial charge in [0.05, 0.1) is 6.54 Å². The molecule has 0 spiro atoms. The van der Waals surface area contributed by atoms with Gasteiger partial charge in [0.15, 0.2) is 11.2 Å². The zero-order valence-corrected chi connectivity index (χ0v) is 15.9. The van der Waals surface area contributed by atoms with Crippen LogP contribution in [0.2, 0.25) is 0 Å². The Morgan fingerprint density at radius 1 is 0.962 bits per heavy atom. The second-order valence-corrected chi connectivity index (χ2v) is 7.52. The Hall–Kier alpha value is -2.32. The van der Waals surface area contributed by atoms with Crippen molar-refractivity contribution in [3.05, 3.63) is 76.3 Å². The van der Waals surface area contributed by atoms with E-state index in [1.807, 2.05) is 12.1 Å². The lowest BCUT2D eigenvalue weighted by Crippen LogP contribution is -2.03. The van der Waals surface area contributed by atoms with Gasteiger partial charge >= 0.3 is 0 Å². The summed E-state index contributed by atoms with van der Waals surface area (Å²) in [5.41, 5.74) is 3.48. The van der Waals surface area contributed by atoms with Crippen LogP contribution in [0.4, 0.5) is 4.39 Å². The quantitative estimate of drug-likeness (QED) is 0.346. The van der Waals surface area contributed by atoms with Crippen molar-refractivity contribution in [2.45, 2.75) is 17.3 Å². The Morgan fingerprint density at radius 3 is 2.46 bits per heavy atom. The van der Waals surface area contributed by atoms with Crippen LogP contribution in [-0.2, 0) is 12.3 Å². The topological polar surface area (TPSA) is 56.5 Å². The molecule has 0 bridgehead atoms. The van der Waals surface area contributed by atoms with Gasteiger partial charge in [-0.05, 0) is 35.4 Å². The number of hydrogen-bond acceptors (Lipinski definition) is 5. The zero-order valence-electron chi connectivity index (χ0n) is 13.5. The first-order valence-corrected chi connectivity index (χ1v) is 9.63. The van der Waals surface area contributed by atoms with E-state index in [1.54, 1.807) is 28.6 Å². The highest BCUT2D eigenvalue weighted by atomic mass is 79.9. The fourth-order valence-electron chi connectivity index (χ4n) is 2.48. The minimum Gasteiger partial charge on any atom is -0.227 e. The second-order valence-electron chi connectivity index (χ2n) is 5.64. The van der Waals surface area contributed by atoms with E-state index >= 15 is 0 Å². The molecule has 4 rings (SSSR count). The summed E-state index contributed by atoms with van der Waals surface area (Å²) in [4.78, 5) is 8.66. The summed E-state index contributed by atoms with van der Waals surface area (Å²) >= 11 is 5.04. The number of halogens is 2. The molecule has 0 aliphatic heterocycles. The largest absolute Gasteiger partial charge is 0.227 e. The monoisotopic (exact) mass is 429 g/mol. The Bertz CT molecular complexity index is 1030. The maximum atomic E-state index is 13.1. The first kappa shape index (κ1) is 17.1. The van der Waals surface area contributed by atoms with Crippen molar-refractivity contribution >= 4 is 38.9 Å². The third-order valence-corrected chi connectivity index (χ3v) is 5.38. The minimum atomic E-state index is -0.258. The summed E-state index contributed by atoms with van der Waals surface area (Å²) in [5.74, 6) is 0.524. The van der Waals surface area contributed by atoms with E-state index in [2.05, 4.69) is 48.3 Å². The molecule has 2 aromatic carbocycles. The molecule has 8 heteroatoms. The number of fused-ring (bicyclic) bond motifs is 1. The van der Waals surface area contributed by atoms with Gasteiger partial charge in [0.2, 0.25) is 0 Å². The lowest BCUT2D eigenvalue weighted by atomic mass is 10.2. The fourth-order valence-corrected chi connectivity index (χ4v) is 3.63. The lowest BCUT2D eigenvalue weighted by Gasteiger charge is -2.04. The summed E-state index contributed by atoms with van der Waals surface area (Å²) in [6.45, 7) is 0.477. The van der Waals surface area contributed by atoms with Crippen LogP contribution in [0.3, 0.4) is 0 Å². The van der Waals surface area contributed by atoms with Crippen molar-refractivity contribution in [1.82, 2.24) is 25.0 Å². The summed E-state index contributed by atoms with van der Waals surface area (Å²) in [6.07, 6.45) is 1.52. The van der Waals surface area contributed by atoms with Crippen LogP contribution in [0.25, 0.3) is 11.2 Å². The van der Waals surface area contributed by atoms with E-state index in [1.165, 1.54) is 24.0 Å². The second kappa shape index (κ2) is 7.51. The van der Waals surface area contributed by atoms with E-state index in [4.69, 9.17) is 0 Å². The smallest absolute Gasteiger partial charge is 0.183 e. The highest BCUT2D eigenvalue weighted by Crippen LogP contribution is 2.26. The van der Waals surface area contributed by atoms with Gasteiger partial charge in [-0.15, -0.1) is 5.10 Å². The third kappa shape index (κ3) is 3.76. The zero-order chi connectivity index (χ0) is 17.9. The van der Waals surface area contributed by atoms with Crippen LogP contribution in [0.5, 0.6) is 0 Å². The molecule has 0 amide bonds. The highest BCUT2D eigenvalue weighted by Gasteiger charge is 2.12. The van der Waals surface area contributed by atoms with Crippen molar-refractivity contribution in [3.8, 4) is 0 Å². The predicted molar refractivity (Wildman–Crippen MR) is 102 cm³/mol. The lowest BCUT2D eigenvalue weighted by molar-refractivity contribution is 0.623. The summed E-state index contributed by atoms with van der Waals surface area (Å²) in [6, 6.07) is 14.5. The molecule has 5 nitrogen and oxygen atoms in total. The van der Waals surface area contributed by atoms with E-state index in [-0.39, 0.29) is 5.82 Å². The standard InChI is InChI=1S/C18H13BrFN5S/c19-14-5-1-13(2-6-14)10-26-18-16-17(21-11-22-18)25(24-23-16)9-12-3-7-15(20)8-4-12/h1-8,11H,9-10H2. The molecule has 0 aliphatic rings. The normalized spacial score (nSPS) is 11.2.